The largest absolute Gasteiger partial charge is 0.492 e. The number of benzene rings is 4. The van der Waals surface area contributed by atoms with E-state index in [9.17, 15) is 18.0 Å². The molecule has 0 aliphatic heterocycles. The summed E-state index contributed by atoms with van der Waals surface area (Å²) in [5, 5.41) is 3.21. The predicted molar refractivity (Wildman–Crippen MR) is 185 cm³/mol. The number of hydrogen-bond acceptors (Lipinski definition) is 5. The van der Waals surface area contributed by atoms with E-state index in [2.05, 4.69) is 5.32 Å². The van der Waals surface area contributed by atoms with Crippen LogP contribution in [0.5, 0.6) is 5.75 Å². The van der Waals surface area contributed by atoms with Crippen molar-refractivity contribution in [3.8, 4) is 5.75 Å². The Morgan fingerprint density at radius 2 is 1.49 bits per heavy atom. The summed E-state index contributed by atoms with van der Waals surface area (Å²) in [6.45, 7) is 3.70. The molecule has 0 heterocycles. The van der Waals surface area contributed by atoms with Crippen molar-refractivity contribution in [2.45, 2.75) is 69.5 Å². The maximum Gasteiger partial charge on any atom is 0.264 e. The van der Waals surface area contributed by atoms with Crippen LogP contribution in [0, 0.1) is 6.92 Å². The van der Waals surface area contributed by atoms with Crippen LogP contribution in [-0.4, -0.2) is 50.4 Å². The van der Waals surface area contributed by atoms with Gasteiger partial charge in [-0.1, -0.05) is 103 Å². The summed E-state index contributed by atoms with van der Waals surface area (Å²) in [6, 6.07) is 31.4. The Hall–Kier alpha value is -4.63. The number of nitrogens with one attached hydrogen (secondary N) is 1. The third-order valence-corrected chi connectivity index (χ3v) is 10.2. The Morgan fingerprint density at radius 1 is 0.851 bits per heavy atom. The smallest absolute Gasteiger partial charge is 0.264 e. The highest BCUT2D eigenvalue weighted by Crippen LogP contribution is 2.33. The minimum Gasteiger partial charge on any atom is -0.492 e. The van der Waals surface area contributed by atoms with Gasteiger partial charge in [-0.15, -0.1) is 0 Å². The van der Waals surface area contributed by atoms with Gasteiger partial charge in [0.1, 0.15) is 18.3 Å². The molecule has 0 radical (unpaired) electrons. The molecular weight excluding hydrogens is 611 g/mol. The van der Waals surface area contributed by atoms with Crippen LogP contribution in [0.15, 0.2) is 114 Å². The number of carbonyl (C=O) groups is 2. The van der Waals surface area contributed by atoms with Crippen molar-refractivity contribution in [3.05, 3.63) is 126 Å². The molecule has 0 spiro atoms. The van der Waals surface area contributed by atoms with Crippen molar-refractivity contribution in [2.75, 3.05) is 17.5 Å². The number of sulfonamides is 1. The molecule has 1 unspecified atom stereocenters. The molecule has 1 saturated carbocycles. The third kappa shape index (κ3) is 8.60. The van der Waals surface area contributed by atoms with Crippen LogP contribution in [0.25, 0.3) is 0 Å². The van der Waals surface area contributed by atoms with Crippen LogP contribution in [0.4, 0.5) is 5.69 Å². The van der Waals surface area contributed by atoms with Crippen LogP contribution in [0.1, 0.15) is 49.3 Å². The van der Waals surface area contributed by atoms with Gasteiger partial charge in [0.05, 0.1) is 17.2 Å². The number of rotatable bonds is 14. The maximum atomic E-state index is 14.7. The number of ether oxygens (including phenoxy) is 1. The molecule has 4 aromatic carbocycles. The quantitative estimate of drug-likeness (QED) is 0.173. The second kappa shape index (κ2) is 15.8. The molecule has 2 amide bonds. The van der Waals surface area contributed by atoms with Crippen LogP contribution < -0.4 is 14.4 Å². The zero-order valence-corrected chi connectivity index (χ0v) is 27.9. The van der Waals surface area contributed by atoms with Crippen LogP contribution >= 0.6 is 0 Å². The lowest BCUT2D eigenvalue weighted by molar-refractivity contribution is -0.140. The number of nitrogens with zero attached hydrogens (tertiary/aromatic N) is 2. The highest BCUT2D eigenvalue weighted by atomic mass is 32.2. The van der Waals surface area contributed by atoms with E-state index in [0.717, 1.165) is 46.7 Å². The van der Waals surface area contributed by atoms with Crippen molar-refractivity contribution in [1.82, 2.24) is 10.2 Å². The van der Waals surface area contributed by atoms with E-state index in [-0.39, 0.29) is 35.5 Å². The first kappa shape index (κ1) is 33.7. The Kier molecular flexibility index (Phi) is 11.3. The van der Waals surface area contributed by atoms with Crippen molar-refractivity contribution < 1.29 is 22.7 Å². The van der Waals surface area contributed by atoms with Gasteiger partial charge in [-0.05, 0) is 62.1 Å². The molecular formula is C38H43N3O5S. The normalized spacial score (nSPS) is 13.9. The van der Waals surface area contributed by atoms with Gasteiger partial charge in [-0.3, -0.25) is 13.9 Å². The topological polar surface area (TPSA) is 96.0 Å². The summed E-state index contributed by atoms with van der Waals surface area (Å²) < 4.78 is 35.5. The van der Waals surface area contributed by atoms with Crippen LogP contribution in [0.2, 0.25) is 0 Å². The number of para-hydroxylation sites is 2. The first-order valence-electron chi connectivity index (χ1n) is 16.2. The van der Waals surface area contributed by atoms with Crippen LogP contribution in [-0.2, 0) is 32.6 Å². The van der Waals surface area contributed by atoms with E-state index >= 15 is 0 Å². The Morgan fingerprint density at radius 3 is 2.17 bits per heavy atom. The highest BCUT2D eigenvalue weighted by molar-refractivity contribution is 7.92. The minimum atomic E-state index is -4.22. The average molecular weight is 654 g/mol. The lowest BCUT2D eigenvalue weighted by Crippen LogP contribution is -2.54. The molecule has 1 fully saturated rings. The standard InChI is InChI=1S/C38H43N3O5S/c1-3-46-36-24-13-12-23-34(36)41(47(44,45)33-21-8-5-9-22-33)28-37(42)40(27-31-18-14-15-29(2)25-31)35(26-30-16-6-4-7-17-30)38(43)39-32-19-10-11-20-32/h4-9,12-18,21-25,32,35H,3,10-11,19-20,26-28H2,1-2H3,(H,39,43). The maximum absolute atomic E-state index is 14.7. The lowest BCUT2D eigenvalue weighted by Gasteiger charge is -2.34. The molecule has 1 N–H and O–H groups in total. The highest BCUT2D eigenvalue weighted by Gasteiger charge is 2.36. The molecule has 1 aliphatic carbocycles. The zero-order valence-electron chi connectivity index (χ0n) is 27.0. The number of hydrogen-bond donors (Lipinski definition) is 1. The number of aryl methyl sites for hydroxylation is 1. The van der Waals surface area contributed by atoms with Gasteiger partial charge < -0.3 is 15.0 Å². The summed E-state index contributed by atoms with van der Waals surface area (Å²) in [4.78, 5) is 30.5. The monoisotopic (exact) mass is 653 g/mol. The SMILES string of the molecule is CCOc1ccccc1N(CC(=O)N(Cc1cccc(C)c1)C(Cc1ccccc1)C(=O)NC1CCCC1)S(=O)(=O)c1ccccc1. The van der Waals surface area contributed by atoms with E-state index in [1.165, 1.54) is 12.1 Å². The average Bonchev–Trinajstić information content (AvgIpc) is 3.59. The Balaban J connectivity index is 1.59. The van der Waals surface area contributed by atoms with E-state index in [4.69, 9.17) is 4.74 Å². The lowest BCUT2D eigenvalue weighted by atomic mass is 10.0. The summed E-state index contributed by atoms with van der Waals surface area (Å²) >= 11 is 0. The van der Waals surface area contributed by atoms with Gasteiger partial charge >= 0.3 is 0 Å². The molecule has 5 rings (SSSR count). The predicted octanol–water partition coefficient (Wildman–Crippen LogP) is 6.29. The Labute approximate surface area is 278 Å². The minimum absolute atomic E-state index is 0.0455. The van der Waals surface area contributed by atoms with Gasteiger partial charge in [0, 0.05) is 19.0 Å². The molecule has 246 valence electrons. The molecule has 1 aliphatic rings. The second-order valence-electron chi connectivity index (χ2n) is 11.9. The first-order valence-corrected chi connectivity index (χ1v) is 17.7. The fourth-order valence-electron chi connectivity index (χ4n) is 6.10. The number of anilines is 1. The van der Waals surface area contributed by atoms with Crippen molar-refractivity contribution >= 4 is 27.5 Å². The van der Waals surface area contributed by atoms with Gasteiger partial charge in [-0.25, -0.2) is 8.42 Å². The summed E-state index contributed by atoms with van der Waals surface area (Å²) in [7, 11) is -4.22. The number of carbonyl (C=O) groups excluding carboxylic acids is 2. The zero-order chi connectivity index (χ0) is 33.2. The fraction of sp³-hybridized carbons (Fsp3) is 0.316. The molecule has 4 aromatic rings. The molecule has 0 bridgehead atoms. The van der Waals surface area contributed by atoms with Crippen molar-refractivity contribution in [2.24, 2.45) is 0 Å². The molecule has 0 aromatic heterocycles. The first-order chi connectivity index (χ1) is 22.8. The second-order valence-corrected chi connectivity index (χ2v) is 13.8. The number of amides is 2. The van der Waals surface area contributed by atoms with E-state index < -0.39 is 28.5 Å². The van der Waals surface area contributed by atoms with E-state index in [1.54, 1.807) is 47.4 Å². The van der Waals surface area contributed by atoms with Crippen LogP contribution in [0.3, 0.4) is 0 Å². The fourth-order valence-corrected chi connectivity index (χ4v) is 7.55. The molecule has 47 heavy (non-hydrogen) atoms. The molecule has 9 heteroatoms. The van der Waals surface area contributed by atoms with Gasteiger partial charge in [0.15, 0.2) is 0 Å². The summed E-state index contributed by atoms with van der Waals surface area (Å²) in [5.74, 6) is -0.402. The summed E-state index contributed by atoms with van der Waals surface area (Å²) in [5.41, 5.74) is 3.01. The van der Waals surface area contributed by atoms with E-state index in [0.29, 0.717) is 12.4 Å². The Bertz CT molecular complexity index is 1740. The van der Waals surface area contributed by atoms with Gasteiger partial charge in [0.25, 0.3) is 10.0 Å². The molecule has 1 atom stereocenters. The molecule has 0 saturated heterocycles. The van der Waals surface area contributed by atoms with Gasteiger partial charge in [0.2, 0.25) is 11.8 Å². The van der Waals surface area contributed by atoms with Gasteiger partial charge in [-0.2, -0.15) is 0 Å². The van der Waals surface area contributed by atoms with E-state index in [1.807, 2.05) is 68.4 Å². The van der Waals surface area contributed by atoms with Crippen molar-refractivity contribution in [1.29, 1.82) is 0 Å². The molecule has 8 nitrogen and oxygen atoms in total. The van der Waals surface area contributed by atoms with Crippen molar-refractivity contribution in [3.63, 3.8) is 0 Å². The summed E-state index contributed by atoms with van der Waals surface area (Å²) in [6.07, 6.45) is 4.16. The third-order valence-electron chi connectivity index (χ3n) is 8.45.